The summed E-state index contributed by atoms with van der Waals surface area (Å²) in [6.45, 7) is 6.07. The molecular weight excluding hydrogens is 490 g/mol. The van der Waals surface area contributed by atoms with Gasteiger partial charge in [-0.2, -0.15) is 10.2 Å². The highest BCUT2D eigenvalue weighted by atomic mass is 16.2. The molecule has 0 atom stereocenters. The third kappa shape index (κ3) is 5.67. The molecular formula is C30H33N7O2. The lowest BCUT2D eigenvalue weighted by Gasteiger charge is -2.22. The number of hydrogen-bond acceptors (Lipinski definition) is 6. The Kier molecular flexibility index (Phi) is 7.67. The summed E-state index contributed by atoms with van der Waals surface area (Å²) in [5.41, 5.74) is 11.3. The number of rotatable bonds is 9. The van der Waals surface area contributed by atoms with Crippen LogP contribution in [0.5, 0.6) is 0 Å². The summed E-state index contributed by atoms with van der Waals surface area (Å²) >= 11 is 0. The fourth-order valence-electron chi connectivity index (χ4n) is 4.94. The summed E-state index contributed by atoms with van der Waals surface area (Å²) < 4.78 is 1.49. The van der Waals surface area contributed by atoms with E-state index < -0.39 is 0 Å². The van der Waals surface area contributed by atoms with E-state index in [1.54, 1.807) is 12.4 Å². The maximum absolute atomic E-state index is 13.3. The molecule has 39 heavy (non-hydrogen) atoms. The van der Waals surface area contributed by atoms with Crippen molar-refractivity contribution in [1.29, 1.82) is 0 Å². The first-order valence-corrected chi connectivity index (χ1v) is 13.4. The van der Waals surface area contributed by atoms with Gasteiger partial charge in [0, 0.05) is 48.8 Å². The van der Waals surface area contributed by atoms with E-state index in [2.05, 4.69) is 34.1 Å². The Hall–Kier alpha value is -4.53. The van der Waals surface area contributed by atoms with Crippen molar-refractivity contribution in [2.75, 3.05) is 13.1 Å². The maximum atomic E-state index is 13.3. The number of carbonyl (C=O) groups excluding carboxylic acids is 1. The minimum absolute atomic E-state index is 0.0197. The first kappa shape index (κ1) is 26.1. The molecule has 0 spiro atoms. The molecule has 4 aromatic rings. The van der Waals surface area contributed by atoms with Gasteiger partial charge in [0.15, 0.2) is 0 Å². The molecule has 5 rings (SSSR count). The second kappa shape index (κ2) is 11.5. The topological polar surface area (TPSA) is 122 Å². The first-order chi connectivity index (χ1) is 19.0. The molecule has 0 aliphatic carbocycles. The predicted octanol–water partition coefficient (Wildman–Crippen LogP) is 4.45. The summed E-state index contributed by atoms with van der Waals surface area (Å²) in [6.07, 6.45) is 10.0. The van der Waals surface area contributed by atoms with Crippen molar-refractivity contribution >= 4 is 34.3 Å². The highest BCUT2D eigenvalue weighted by molar-refractivity contribution is 6.05. The van der Waals surface area contributed by atoms with E-state index in [1.165, 1.54) is 4.68 Å². The zero-order chi connectivity index (χ0) is 27.4. The molecule has 9 heteroatoms. The number of nitrogens with zero attached hydrogens (tertiary/aromatic N) is 5. The Morgan fingerprint density at radius 3 is 2.59 bits per heavy atom. The van der Waals surface area contributed by atoms with Gasteiger partial charge in [-0.3, -0.25) is 14.7 Å². The standard InChI is InChI=1S/C30H33N7O2/c1-3-10-36(11-4-2)29(38)24-14-23-6-5-22(15-27(23)35-28(31)16-24)21-7-8-26-25(13-21)19-34-37(30(26)39)12-9-20-17-32-33-18-20/h5-8,13-15,17-19H,3-4,9-12,16H2,1-2H3,(H2,31,35)(H,32,33). The van der Waals surface area contributed by atoms with Crippen molar-refractivity contribution < 1.29 is 4.79 Å². The number of H-pyrrole nitrogens is 1. The number of amidine groups is 1. The molecule has 2 aromatic heterocycles. The van der Waals surface area contributed by atoms with Crippen LogP contribution in [-0.2, 0) is 17.8 Å². The van der Waals surface area contributed by atoms with Crippen molar-refractivity contribution in [3.63, 3.8) is 0 Å². The number of nitrogens with one attached hydrogen (secondary N) is 1. The van der Waals surface area contributed by atoms with Gasteiger partial charge in [0.05, 0.1) is 23.5 Å². The number of fused-ring (bicyclic) bond motifs is 2. The zero-order valence-corrected chi connectivity index (χ0v) is 22.4. The van der Waals surface area contributed by atoms with Crippen molar-refractivity contribution in [2.45, 2.75) is 46.1 Å². The van der Waals surface area contributed by atoms with Crippen LogP contribution < -0.4 is 11.3 Å². The second-order valence-electron chi connectivity index (χ2n) is 9.85. The monoisotopic (exact) mass is 523 g/mol. The lowest BCUT2D eigenvalue weighted by Crippen LogP contribution is -2.34. The fraction of sp³-hybridized carbons (Fsp3) is 0.300. The summed E-state index contributed by atoms with van der Waals surface area (Å²) in [4.78, 5) is 32.8. The van der Waals surface area contributed by atoms with Gasteiger partial charge < -0.3 is 10.6 Å². The molecule has 200 valence electrons. The summed E-state index contributed by atoms with van der Waals surface area (Å²) in [5, 5.41) is 12.5. The van der Waals surface area contributed by atoms with Crippen molar-refractivity contribution in [3.05, 3.63) is 82.0 Å². The van der Waals surface area contributed by atoms with Crippen molar-refractivity contribution in [3.8, 4) is 11.1 Å². The highest BCUT2D eigenvalue weighted by Crippen LogP contribution is 2.33. The van der Waals surface area contributed by atoms with E-state index in [4.69, 9.17) is 5.73 Å². The number of aliphatic imine (C=N–C) groups is 1. The van der Waals surface area contributed by atoms with Crippen LogP contribution in [0.4, 0.5) is 5.69 Å². The number of nitrogens with two attached hydrogens (primary N) is 1. The third-order valence-corrected chi connectivity index (χ3v) is 6.90. The van der Waals surface area contributed by atoms with Gasteiger partial charge in [0.1, 0.15) is 5.84 Å². The molecule has 0 saturated carbocycles. The fourth-order valence-corrected chi connectivity index (χ4v) is 4.94. The van der Waals surface area contributed by atoms with E-state index in [0.717, 1.165) is 59.3 Å². The van der Waals surface area contributed by atoms with Gasteiger partial charge >= 0.3 is 0 Å². The van der Waals surface area contributed by atoms with Gasteiger partial charge in [-0.25, -0.2) is 9.67 Å². The van der Waals surface area contributed by atoms with Gasteiger partial charge in [-0.1, -0.05) is 32.0 Å². The lowest BCUT2D eigenvalue weighted by atomic mass is 9.99. The number of aryl methyl sites for hydroxylation is 2. The van der Waals surface area contributed by atoms with E-state index in [1.807, 2.05) is 53.6 Å². The van der Waals surface area contributed by atoms with E-state index in [0.29, 0.717) is 36.2 Å². The van der Waals surface area contributed by atoms with E-state index in [-0.39, 0.29) is 11.5 Å². The normalized spacial score (nSPS) is 13.0. The van der Waals surface area contributed by atoms with E-state index in [9.17, 15) is 9.59 Å². The molecule has 0 unspecified atom stereocenters. The minimum atomic E-state index is -0.121. The number of benzene rings is 2. The highest BCUT2D eigenvalue weighted by Gasteiger charge is 2.21. The minimum Gasteiger partial charge on any atom is -0.387 e. The quantitative estimate of drug-likeness (QED) is 0.336. The second-order valence-corrected chi connectivity index (χ2v) is 9.85. The number of amides is 1. The predicted molar refractivity (Wildman–Crippen MR) is 155 cm³/mol. The number of carbonyl (C=O) groups is 1. The molecule has 0 radical (unpaired) electrons. The molecule has 0 fully saturated rings. The average molecular weight is 524 g/mol. The van der Waals surface area contributed by atoms with Crippen LogP contribution in [0.1, 0.15) is 44.2 Å². The van der Waals surface area contributed by atoms with Crippen LogP contribution in [0.25, 0.3) is 28.0 Å². The van der Waals surface area contributed by atoms with Crippen LogP contribution in [0.2, 0.25) is 0 Å². The Labute approximate surface area is 227 Å². The SMILES string of the molecule is CCCN(CCC)C(=O)C1=Cc2ccc(-c3ccc4c(=O)n(CCc5cn[nH]c5)ncc4c3)cc2N=C(N)C1. The molecule has 1 amide bonds. The average Bonchev–Trinajstić information content (AvgIpc) is 3.40. The number of hydrogen-bond donors (Lipinski definition) is 2. The van der Waals surface area contributed by atoms with Gasteiger partial charge in [0.2, 0.25) is 5.91 Å². The molecule has 1 aliphatic heterocycles. The van der Waals surface area contributed by atoms with Gasteiger partial charge in [-0.15, -0.1) is 0 Å². The first-order valence-electron chi connectivity index (χ1n) is 13.4. The summed E-state index contributed by atoms with van der Waals surface area (Å²) in [6, 6.07) is 11.7. The van der Waals surface area contributed by atoms with Crippen LogP contribution in [-0.4, -0.2) is 49.7 Å². The lowest BCUT2D eigenvalue weighted by molar-refractivity contribution is -0.127. The molecule has 0 saturated heterocycles. The zero-order valence-electron chi connectivity index (χ0n) is 22.4. The Morgan fingerprint density at radius 2 is 1.85 bits per heavy atom. The molecule has 0 bridgehead atoms. The van der Waals surface area contributed by atoms with Crippen molar-refractivity contribution in [2.24, 2.45) is 10.7 Å². The van der Waals surface area contributed by atoms with Gasteiger partial charge in [-0.05, 0) is 60.2 Å². The molecule has 2 aromatic carbocycles. The Morgan fingerprint density at radius 1 is 1.08 bits per heavy atom. The van der Waals surface area contributed by atoms with Crippen LogP contribution in [0, 0.1) is 0 Å². The Bertz CT molecular complexity index is 1610. The molecule has 3 heterocycles. The number of aromatic nitrogens is 4. The summed E-state index contributed by atoms with van der Waals surface area (Å²) in [5.74, 6) is 0.434. The van der Waals surface area contributed by atoms with Crippen LogP contribution >= 0.6 is 0 Å². The largest absolute Gasteiger partial charge is 0.387 e. The number of aromatic amines is 1. The van der Waals surface area contributed by atoms with Crippen LogP contribution in [0.3, 0.4) is 0 Å². The smallest absolute Gasteiger partial charge is 0.274 e. The third-order valence-electron chi connectivity index (χ3n) is 6.90. The molecule has 3 N–H and O–H groups in total. The van der Waals surface area contributed by atoms with Crippen LogP contribution in [0.15, 0.2) is 70.3 Å². The summed E-state index contributed by atoms with van der Waals surface area (Å²) in [7, 11) is 0. The van der Waals surface area contributed by atoms with Crippen molar-refractivity contribution in [1.82, 2.24) is 24.9 Å². The maximum Gasteiger partial charge on any atom is 0.274 e. The molecule has 9 nitrogen and oxygen atoms in total. The Balaban J connectivity index is 1.43. The van der Waals surface area contributed by atoms with E-state index >= 15 is 0 Å². The molecule has 1 aliphatic rings. The van der Waals surface area contributed by atoms with Gasteiger partial charge in [0.25, 0.3) is 5.56 Å².